The van der Waals surface area contributed by atoms with E-state index in [9.17, 15) is 0 Å². The molecule has 1 aromatic heterocycles. The van der Waals surface area contributed by atoms with Crippen LogP contribution < -0.4 is 5.32 Å². The molecule has 0 unspecified atom stereocenters. The summed E-state index contributed by atoms with van der Waals surface area (Å²) < 4.78 is 0. The molecular weight excluding hydrogens is 198 g/mol. The van der Waals surface area contributed by atoms with Crippen molar-refractivity contribution in [1.29, 1.82) is 0 Å². The van der Waals surface area contributed by atoms with Crippen molar-refractivity contribution in [2.45, 2.75) is 51.9 Å². The van der Waals surface area contributed by atoms with E-state index in [1.807, 2.05) is 7.05 Å². The Morgan fingerprint density at radius 3 is 2.31 bits per heavy atom. The topological polar surface area (TPSA) is 37.8 Å². The molecule has 1 aliphatic rings. The van der Waals surface area contributed by atoms with Gasteiger partial charge in [0.05, 0.1) is 0 Å². The molecule has 0 atom stereocenters. The number of anilines is 1. The zero-order valence-electron chi connectivity index (χ0n) is 10.9. The average molecular weight is 219 g/mol. The van der Waals surface area contributed by atoms with Crippen LogP contribution >= 0.6 is 0 Å². The van der Waals surface area contributed by atoms with Gasteiger partial charge in [0.25, 0.3) is 0 Å². The number of aromatic nitrogens is 2. The van der Waals surface area contributed by atoms with Crippen LogP contribution in [0.1, 0.15) is 56.6 Å². The van der Waals surface area contributed by atoms with E-state index in [0.29, 0.717) is 5.92 Å². The van der Waals surface area contributed by atoms with Gasteiger partial charge in [0.2, 0.25) is 0 Å². The Morgan fingerprint density at radius 1 is 1.25 bits per heavy atom. The van der Waals surface area contributed by atoms with Crippen molar-refractivity contribution in [3.63, 3.8) is 0 Å². The molecule has 16 heavy (non-hydrogen) atoms. The van der Waals surface area contributed by atoms with E-state index in [4.69, 9.17) is 0 Å². The second-order valence-electron chi connectivity index (χ2n) is 5.36. The van der Waals surface area contributed by atoms with E-state index in [0.717, 1.165) is 17.3 Å². The Balaban J connectivity index is 2.50. The Labute approximate surface area is 97.7 Å². The predicted molar refractivity (Wildman–Crippen MR) is 67.0 cm³/mol. The Morgan fingerprint density at radius 2 is 1.88 bits per heavy atom. The van der Waals surface area contributed by atoms with Crippen LogP contribution in [0.25, 0.3) is 0 Å². The summed E-state index contributed by atoms with van der Waals surface area (Å²) in [5.74, 6) is 2.48. The Hall–Kier alpha value is -1.12. The highest BCUT2D eigenvalue weighted by molar-refractivity contribution is 5.48. The molecule has 2 rings (SSSR count). The molecule has 88 valence electrons. The highest BCUT2D eigenvalue weighted by atomic mass is 15.0. The van der Waals surface area contributed by atoms with Crippen LogP contribution in [0.4, 0.5) is 5.82 Å². The average Bonchev–Trinajstić information content (AvgIpc) is 2.96. The van der Waals surface area contributed by atoms with Crippen LogP contribution in [0.15, 0.2) is 0 Å². The molecule has 1 fully saturated rings. The van der Waals surface area contributed by atoms with E-state index in [2.05, 4.69) is 43.0 Å². The zero-order valence-corrected chi connectivity index (χ0v) is 10.9. The second kappa shape index (κ2) is 3.72. The molecule has 1 aliphatic carbocycles. The third-order valence-corrected chi connectivity index (χ3v) is 3.49. The summed E-state index contributed by atoms with van der Waals surface area (Å²) in [7, 11) is 1.94. The monoisotopic (exact) mass is 219 g/mol. The van der Waals surface area contributed by atoms with Gasteiger partial charge < -0.3 is 5.32 Å². The van der Waals surface area contributed by atoms with Crippen molar-refractivity contribution in [2.24, 2.45) is 0 Å². The van der Waals surface area contributed by atoms with Gasteiger partial charge in [0.15, 0.2) is 0 Å². The minimum atomic E-state index is 0.242. The summed E-state index contributed by atoms with van der Waals surface area (Å²) in [6.07, 6.45) is 2.44. The standard InChI is InChI=1S/C13H21N3/c1-8(2)10-9(3)15-12(13(4)6-7-13)16-11(10)14-5/h8H,6-7H2,1-5H3,(H,14,15,16). The van der Waals surface area contributed by atoms with E-state index in [-0.39, 0.29) is 5.41 Å². The molecule has 1 aromatic rings. The maximum atomic E-state index is 4.69. The second-order valence-corrected chi connectivity index (χ2v) is 5.36. The number of rotatable bonds is 3. The maximum Gasteiger partial charge on any atom is 0.136 e. The number of aryl methyl sites for hydroxylation is 1. The van der Waals surface area contributed by atoms with E-state index in [1.165, 1.54) is 18.4 Å². The van der Waals surface area contributed by atoms with E-state index < -0.39 is 0 Å². The summed E-state index contributed by atoms with van der Waals surface area (Å²) in [6, 6.07) is 0. The van der Waals surface area contributed by atoms with Crippen molar-refractivity contribution < 1.29 is 0 Å². The minimum Gasteiger partial charge on any atom is -0.373 e. The molecule has 0 amide bonds. The SMILES string of the molecule is CNc1nc(C2(C)CC2)nc(C)c1C(C)C. The van der Waals surface area contributed by atoms with Crippen molar-refractivity contribution in [2.75, 3.05) is 12.4 Å². The number of hydrogen-bond donors (Lipinski definition) is 1. The molecule has 0 spiro atoms. The lowest BCUT2D eigenvalue weighted by molar-refractivity contribution is 0.693. The first-order chi connectivity index (χ1) is 7.48. The fourth-order valence-electron chi connectivity index (χ4n) is 2.14. The van der Waals surface area contributed by atoms with E-state index in [1.54, 1.807) is 0 Å². The molecule has 1 N–H and O–H groups in total. The van der Waals surface area contributed by atoms with Crippen LogP contribution in [0, 0.1) is 6.92 Å². The molecule has 0 saturated heterocycles. The number of nitrogens with one attached hydrogen (secondary N) is 1. The first kappa shape index (κ1) is 11.4. The van der Waals surface area contributed by atoms with Gasteiger partial charge in [0, 0.05) is 23.7 Å². The lowest BCUT2D eigenvalue weighted by Crippen LogP contribution is -2.13. The lowest BCUT2D eigenvalue weighted by atomic mass is 10.0. The summed E-state index contributed by atoms with van der Waals surface area (Å²) in [5, 5.41) is 3.21. The molecule has 3 heteroatoms. The normalized spacial score (nSPS) is 17.6. The summed E-state index contributed by atoms with van der Waals surface area (Å²) in [5.41, 5.74) is 2.61. The van der Waals surface area contributed by atoms with E-state index >= 15 is 0 Å². The molecule has 1 heterocycles. The van der Waals surface area contributed by atoms with Crippen molar-refractivity contribution in [1.82, 2.24) is 9.97 Å². The molecule has 3 nitrogen and oxygen atoms in total. The quantitative estimate of drug-likeness (QED) is 0.849. The van der Waals surface area contributed by atoms with Gasteiger partial charge in [-0.3, -0.25) is 0 Å². The third kappa shape index (κ3) is 1.79. The van der Waals surface area contributed by atoms with Gasteiger partial charge in [-0.15, -0.1) is 0 Å². The van der Waals surface area contributed by atoms with Crippen molar-refractivity contribution >= 4 is 5.82 Å². The van der Waals surface area contributed by atoms with Gasteiger partial charge in [0.1, 0.15) is 11.6 Å². The highest BCUT2D eigenvalue weighted by Crippen LogP contribution is 2.46. The first-order valence-electron chi connectivity index (χ1n) is 6.04. The maximum absolute atomic E-state index is 4.69. The molecule has 0 aliphatic heterocycles. The summed E-state index contributed by atoms with van der Waals surface area (Å²) in [4.78, 5) is 9.37. The van der Waals surface area contributed by atoms with Gasteiger partial charge in [-0.2, -0.15) is 0 Å². The van der Waals surface area contributed by atoms with Crippen LogP contribution in [-0.4, -0.2) is 17.0 Å². The summed E-state index contributed by atoms with van der Waals surface area (Å²) in [6.45, 7) is 8.71. The summed E-state index contributed by atoms with van der Waals surface area (Å²) >= 11 is 0. The smallest absolute Gasteiger partial charge is 0.136 e. The molecule has 0 aromatic carbocycles. The van der Waals surface area contributed by atoms with Crippen LogP contribution in [-0.2, 0) is 5.41 Å². The molecule has 0 radical (unpaired) electrons. The predicted octanol–water partition coefficient (Wildman–Crippen LogP) is 3.00. The molecular formula is C13H21N3. The van der Waals surface area contributed by atoms with Crippen LogP contribution in [0.2, 0.25) is 0 Å². The Kier molecular flexibility index (Phi) is 2.64. The van der Waals surface area contributed by atoms with Crippen LogP contribution in [0.5, 0.6) is 0 Å². The van der Waals surface area contributed by atoms with Crippen molar-refractivity contribution in [3.8, 4) is 0 Å². The van der Waals surface area contributed by atoms with Gasteiger partial charge in [-0.1, -0.05) is 20.8 Å². The molecule has 0 bridgehead atoms. The number of hydrogen-bond acceptors (Lipinski definition) is 3. The largest absolute Gasteiger partial charge is 0.373 e. The molecule has 1 saturated carbocycles. The minimum absolute atomic E-state index is 0.242. The Bertz CT molecular complexity index is 406. The third-order valence-electron chi connectivity index (χ3n) is 3.49. The van der Waals surface area contributed by atoms with Crippen LogP contribution in [0.3, 0.4) is 0 Å². The zero-order chi connectivity index (χ0) is 11.9. The fourth-order valence-corrected chi connectivity index (χ4v) is 2.14. The van der Waals surface area contributed by atoms with Gasteiger partial charge >= 0.3 is 0 Å². The number of nitrogens with zero attached hydrogens (tertiary/aromatic N) is 2. The van der Waals surface area contributed by atoms with Gasteiger partial charge in [-0.05, 0) is 25.7 Å². The first-order valence-corrected chi connectivity index (χ1v) is 6.04. The fraction of sp³-hybridized carbons (Fsp3) is 0.692. The van der Waals surface area contributed by atoms with Crippen molar-refractivity contribution in [3.05, 3.63) is 17.1 Å². The highest BCUT2D eigenvalue weighted by Gasteiger charge is 2.42. The van der Waals surface area contributed by atoms with Gasteiger partial charge in [-0.25, -0.2) is 9.97 Å². The lowest BCUT2D eigenvalue weighted by Gasteiger charge is -2.17.